The van der Waals surface area contributed by atoms with Crippen molar-refractivity contribution in [2.24, 2.45) is 0 Å². The summed E-state index contributed by atoms with van der Waals surface area (Å²) in [6, 6.07) is 10.8. The fraction of sp³-hybridized carbons (Fsp3) is 0.300. The first kappa shape index (κ1) is 23.9. The van der Waals surface area contributed by atoms with Crippen molar-refractivity contribution in [1.29, 1.82) is 0 Å². The third-order valence-corrected chi connectivity index (χ3v) is 6.58. The third-order valence-electron chi connectivity index (χ3n) is 6.58. The van der Waals surface area contributed by atoms with Crippen molar-refractivity contribution in [3.63, 3.8) is 0 Å². The summed E-state index contributed by atoms with van der Waals surface area (Å²) in [4.78, 5) is 21.2. The Balaban J connectivity index is 1.96. The highest BCUT2D eigenvalue weighted by molar-refractivity contribution is 6.09. The number of rotatable bonds is 4. The van der Waals surface area contributed by atoms with Crippen LogP contribution in [0.5, 0.6) is 5.75 Å². The molecule has 0 fully saturated rings. The minimum atomic E-state index is -0.985. The van der Waals surface area contributed by atoms with E-state index in [2.05, 4.69) is 4.85 Å². The summed E-state index contributed by atoms with van der Waals surface area (Å²) in [6.07, 6.45) is 1.56. The minimum Gasteiger partial charge on any atom is -0.493 e. The van der Waals surface area contributed by atoms with E-state index < -0.39 is 17.5 Å². The number of ether oxygens (including phenoxy) is 2. The summed E-state index contributed by atoms with van der Waals surface area (Å²) in [6.45, 7) is 16.8. The number of pyridine rings is 1. The minimum absolute atomic E-state index is 0.218. The van der Waals surface area contributed by atoms with Gasteiger partial charge >= 0.3 is 0 Å². The highest BCUT2D eigenvalue weighted by Crippen LogP contribution is 2.46. The second-order valence-electron chi connectivity index (χ2n) is 10.2. The molecule has 2 heterocycles. The molecule has 5 rings (SSSR count). The molecule has 0 bridgehead atoms. The van der Waals surface area contributed by atoms with E-state index in [1.165, 1.54) is 6.92 Å². The molecule has 0 radical (unpaired) electrons. The van der Waals surface area contributed by atoms with Crippen LogP contribution in [0, 0.1) is 19.3 Å². The quantitative estimate of drug-likeness (QED) is 0.284. The molecule has 0 aliphatic carbocycles. The van der Waals surface area contributed by atoms with E-state index in [1.807, 2.05) is 39.0 Å². The molecule has 36 heavy (non-hydrogen) atoms. The number of fused-ring (bicyclic) bond motifs is 1. The summed E-state index contributed by atoms with van der Waals surface area (Å²) in [5.41, 5.74) is 3.82. The first-order valence-corrected chi connectivity index (χ1v) is 12.0. The molecule has 4 aromatic rings. The Kier molecular flexibility index (Phi) is 5.77. The van der Waals surface area contributed by atoms with Crippen molar-refractivity contribution in [1.82, 2.24) is 4.98 Å². The van der Waals surface area contributed by atoms with Crippen LogP contribution in [0.2, 0.25) is 0 Å². The number of hydrogen-bond donors (Lipinski definition) is 0. The molecule has 1 aliphatic heterocycles. The fourth-order valence-electron chi connectivity index (χ4n) is 5.07. The molecule has 6 heteroatoms. The zero-order valence-corrected chi connectivity index (χ0v) is 21.0. The molecule has 1 aliphatic rings. The highest BCUT2D eigenvalue weighted by atomic mass is 19.1. The second-order valence-corrected chi connectivity index (χ2v) is 10.2. The lowest BCUT2D eigenvalue weighted by Gasteiger charge is -2.30. The lowest BCUT2D eigenvalue weighted by Crippen LogP contribution is -2.27. The van der Waals surface area contributed by atoms with Crippen molar-refractivity contribution < 1.29 is 18.7 Å². The summed E-state index contributed by atoms with van der Waals surface area (Å²) < 4.78 is 28.1. The number of hydrogen-bond acceptors (Lipinski definition) is 4. The van der Waals surface area contributed by atoms with Gasteiger partial charge in [0.25, 0.3) is 0 Å². The maximum atomic E-state index is 15.9. The molecular formula is C30H27FN2O3. The van der Waals surface area contributed by atoms with Crippen LogP contribution in [0.15, 0.2) is 42.6 Å². The smallest absolute Gasteiger partial charge is 0.187 e. The largest absolute Gasteiger partial charge is 0.493 e. The Hall–Kier alpha value is -3.82. The second kappa shape index (κ2) is 8.69. The molecule has 1 aromatic heterocycles. The molecule has 1 atom stereocenters. The predicted octanol–water partition coefficient (Wildman–Crippen LogP) is 7.43. The van der Waals surface area contributed by atoms with Gasteiger partial charge in [-0.25, -0.2) is 9.24 Å². The van der Waals surface area contributed by atoms with Gasteiger partial charge in [-0.2, -0.15) is 0 Å². The SMILES string of the molecule is [C-]#[N+]c1ccc2c(-c3ccc4c5c(ccnc35)CCO4)c([C@H](OC(C)(C)C)C(C)=O)c(C)c(F)c2c1. The van der Waals surface area contributed by atoms with E-state index in [1.54, 1.807) is 31.3 Å². The van der Waals surface area contributed by atoms with Crippen molar-refractivity contribution in [2.45, 2.75) is 52.7 Å². The Morgan fingerprint density at radius 3 is 2.67 bits per heavy atom. The van der Waals surface area contributed by atoms with Crippen molar-refractivity contribution in [2.75, 3.05) is 6.61 Å². The molecule has 0 N–H and O–H groups in total. The van der Waals surface area contributed by atoms with E-state index in [-0.39, 0.29) is 5.78 Å². The van der Waals surface area contributed by atoms with Gasteiger partial charge in [0.05, 0.1) is 24.3 Å². The van der Waals surface area contributed by atoms with Crippen LogP contribution in [-0.4, -0.2) is 23.0 Å². The van der Waals surface area contributed by atoms with Gasteiger partial charge in [0, 0.05) is 34.5 Å². The number of nitrogens with zero attached hydrogens (tertiary/aromatic N) is 2. The first-order chi connectivity index (χ1) is 17.1. The molecule has 3 aromatic carbocycles. The standard InChI is InChI=1S/C30H27FN2O3/c1-16-24(29(17(2)34)36-30(3,4)5)26(20-8-7-19(32-6)15-22(20)27(16)31)21-9-10-23-25-18(12-14-35-23)11-13-33-28(21)25/h7-11,13,15,29H,12,14H2,1-5H3/t29-/m1/s1. The van der Waals surface area contributed by atoms with E-state index in [4.69, 9.17) is 21.0 Å². The highest BCUT2D eigenvalue weighted by Gasteiger charge is 2.32. The Bertz CT molecular complexity index is 1580. The van der Waals surface area contributed by atoms with Crippen LogP contribution < -0.4 is 4.74 Å². The maximum Gasteiger partial charge on any atom is 0.187 e. The fourth-order valence-corrected chi connectivity index (χ4v) is 5.07. The number of halogens is 1. The molecular weight excluding hydrogens is 455 g/mol. The van der Waals surface area contributed by atoms with Gasteiger partial charge in [-0.1, -0.05) is 12.1 Å². The van der Waals surface area contributed by atoms with Crippen LogP contribution in [0.4, 0.5) is 10.1 Å². The lowest BCUT2D eigenvalue weighted by molar-refractivity contribution is -0.138. The first-order valence-electron chi connectivity index (χ1n) is 12.0. The average molecular weight is 483 g/mol. The van der Waals surface area contributed by atoms with Gasteiger partial charge in [-0.3, -0.25) is 9.78 Å². The molecule has 182 valence electrons. The van der Waals surface area contributed by atoms with Crippen molar-refractivity contribution in [3.05, 3.63) is 76.5 Å². The van der Waals surface area contributed by atoms with E-state index in [9.17, 15) is 4.79 Å². The summed E-state index contributed by atoms with van der Waals surface area (Å²) in [5, 5.41) is 1.86. The predicted molar refractivity (Wildman–Crippen MR) is 139 cm³/mol. The van der Waals surface area contributed by atoms with Gasteiger partial charge in [0.1, 0.15) is 17.7 Å². The van der Waals surface area contributed by atoms with Gasteiger partial charge in [-0.05, 0) is 81.0 Å². The maximum absolute atomic E-state index is 15.9. The average Bonchev–Trinajstić information content (AvgIpc) is 2.85. The van der Waals surface area contributed by atoms with E-state index >= 15 is 4.39 Å². The number of Topliss-reactive ketones (excluding diaryl/α,β-unsaturated/α-hetero) is 1. The normalized spacial score (nSPS) is 13.9. The number of aromatic nitrogens is 1. The number of benzene rings is 3. The molecule has 0 unspecified atom stereocenters. The zero-order valence-electron chi connectivity index (χ0n) is 21.0. The number of carbonyl (C=O) groups excluding carboxylic acids is 1. The van der Waals surface area contributed by atoms with Crippen LogP contribution in [0.1, 0.15) is 50.5 Å². The van der Waals surface area contributed by atoms with Gasteiger partial charge < -0.3 is 9.47 Å². The number of carbonyl (C=O) groups is 1. The Labute approximate surface area is 209 Å². The van der Waals surface area contributed by atoms with Gasteiger partial charge in [0.15, 0.2) is 11.5 Å². The van der Waals surface area contributed by atoms with Crippen molar-refractivity contribution >= 4 is 33.1 Å². The van der Waals surface area contributed by atoms with E-state index in [0.29, 0.717) is 39.8 Å². The Morgan fingerprint density at radius 1 is 1.19 bits per heavy atom. The summed E-state index contributed by atoms with van der Waals surface area (Å²) in [5.74, 6) is 0.0824. The number of ketones is 1. The Morgan fingerprint density at radius 2 is 1.97 bits per heavy atom. The van der Waals surface area contributed by atoms with Gasteiger partial charge in [0.2, 0.25) is 0 Å². The van der Waals surface area contributed by atoms with Crippen LogP contribution in [0.3, 0.4) is 0 Å². The lowest BCUT2D eigenvalue weighted by atomic mass is 9.84. The monoisotopic (exact) mass is 482 g/mol. The summed E-state index contributed by atoms with van der Waals surface area (Å²) in [7, 11) is 0. The van der Waals surface area contributed by atoms with Crippen LogP contribution in [-0.2, 0) is 16.0 Å². The molecule has 5 nitrogen and oxygen atoms in total. The molecule has 0 saturated heterocycles. The van der Waals surface area contributed by atoms with Crippen LogP contribution >= 0.6 is 0 Å². The van der Waals surface area contributed by atoms with Crippen molar-refractivity contribution in [3.8, 4) is 16.9 Å². The molecule has 0 amide bonds. The topological polar surface area (TPSA) is 52.8 Å². The zero-order chi connectivity index (χ0) is 25.8. The third kappa shape index (κ3) is 3.90. The summed E-state index contributed by atoms with van der Waals surface area (Å²) >= 11 is 0. The van der Waals surface area contributed by atoms with Crippen LogP contribution in [0.25, 0.3) is 37.6 Å². The molecule has 0 spiro atoms. The molecule has 0 saturated carbocycles. The van der Waals surface area contributed by atoms with E-state index in [0.717, 1.165) is 34.2 Å². The van der Waals surface area contributed by atoms with Gasteiger partial charge in [-0.15, -0.1) is 0 Å².